The molecule has 0 radical (unpaired) electrons. The van der Waals surface area contributed by atoms with Gasteiger partial charge in [-0.1, -0.05) is 68.4 Å². The van der Waals surface area contributed by atoms with Gasteiger partial charge in [-0.05, 0) is 38.2 Å². The summed E-state index contributed by atoms with van der Waals surface area (Å²) in [6, 6.07) is 0. The molecule has 0 saturated heterocycles. The number of rotatable bonds is 9. The molecule has 4 heteroatoms. The van der Waals surface area contributed by atoms with Crippen molar-refractivity contribution in [2.75, 3.05) is 0 Å². The lowest BCUT2D eigenvalue weighted by Gasteiger charge is -2.29. The Labute approximate surface area is 157 Å². The van der Waals surface area contributed by atoms with Crippen molar-refractivity contribution in [1.82, 2.24) is 0 Å². The first kappa shape index (κ1) is 21.1. The first-order valence-electron chi connectivity index (χ1n) is 10.1. The third-order valence-electron chi connectivity index (χ3n) is 5.56. The highest BCUT2D eigenvalue weighted by Gasteiger charge is 2.42. The molecule has 5 atom stereocenters. The summed E-state index contributed by atoms with van der Waals surface area (Å²) < 4.78 is 0. The van der Waals surface area contributed by atoms with Gasteiger partial charge in [0.2, 0.25) is 0 Å². The number of hydrogen-bond donors (Lipinski definition) is 3. The molecule has 26 heavy (non-hydrogen) atoms. The minimum Gasteiger partial charge on any atom is -0.393 e. The van der Waals surface area contributed by atoms with Crippen LogP contribution in [0.2, 0.25) is 0 Å². The number of ketones is 1. The molecule has 0 aromatic rings. The fourth-order valence-electron chi connectivity index (χ4n) is 4.08. The zero-order valence-corrected chi connectivity index (χ0v) is 16.1. The Morgan fingerprint density at radius 1 is 1.27 bits per heavy atom. The fourth-order valence-corrected chi connectivity index (χ4v) is 4.08. The van der Waals surface area contributed by atoms with E-state index in [1.54, 1.807) is 6.08 Å². The molecular weight excluding hydrogens is 328 g/mol. The second-order valence-corrected chi connectivity index (χ2v) is 7.88. The van der Waals surface area contributed by atoms with Crippen LogP contribution in [0.15, 0.2) is 35.5 Å². The molecule has 2 aliphatic rings. The van der Waals surface area contributed by atoms with Gasteiger partial charge in [-0.15, -0.1) is 0 Å². The summed E-state index contributed by atoms with van der Waals surface area (Å²) >= 11 is 0. The number of allylic oxidation sites excluding steroid dienone is 2. The molecule has 0 aromatic heterocycles. The van der Waals surface area contributed by atoms with Crippen molar-refractivity contribution in [3.63, 3.8) is 0 Å². The minimum atomic E-state index is -1.04. The third kappa shape index (κ3) is 5.90. The fraction of sp³-hybridized carbons (Fsp3) is 0.682. The molecule has 4 nitrogen and oxygen atoms in total. The standard InChI is InChI=1S/C22H34O4/c1-3-4-5-6-7-8-17(23)10-9-15(2)11-20-19-14-18(24)12-16(19)13-21(25)22(20)26/h9-11,13,17-20,22-24,26H,3-8,12,14H2,1-2H3/b10-9+,15-11-/t17?,18?,19?,20-,22?/m0/s1. The Hall–Kier alpha value is -1.23. The normalized spacial score (nSPS) is 30.6. The highest BCUT2D eigenvalue weighted by molar-refractivity contribution is 5.95. The van der Waals surface area contributed by atoms with Crippen LogP contribution >= 0.6 is 0 Å². The summed E-state index contributed by atoms with van der Waals surface area (Å²) in [5.74, 6) is -0.532. The van der Waals surface area contributed by atoms with Gasteiger partial charge in [0.05, 0.1) is 12.2 Å². The maximum Gasteiger partial charge on any atom is 0.184 e. The highest BCUT2D eigenvalue weighted by Crippen LogP contribution is 2.42. The van der Waals surface area contributed by atoms with Crippen LogP contribution in [0, 0.1) is 11.8 Å². The number of aliphatic hydroxyl groups is 3. The van der Waals surface area contributed by atoms with Gasteiger partial charge in [-0.3, -0.25) is 4.79 Å². The monoisotopic (exact) mass is 362 g/mol. The van der Waals surface area contributed by atoms with E-state index in [4.69, 9.17) is 0 Å². The zero-order chi connectivity index (χ0) is 19.1. The maximum atomic E-state index is 12.0. The maximum absolute atomic E-state index is 12.0. The van der Waals surface area contributed by atoms with Crippen molar-refractivity contribution in [2.45, 2.75) is 83.5 Å². The van der Waals surface area contributed by atoms with Crippen LogP contribution in [-0.2, 0) is 4.79 Å². The van der Waals surface area contributed by atoms with Crippen LogP contribution in [0.25, 0.3) is 0 Å². The molecule has 2 aliphatic carbocycles. The smallest absolute Gasteiger partial charge is 0.184 e. The van der Waals surface area contributed by atoms with Crippen LogP contribution in [-0.4, -0.2) is 39.4 Å². The summed E-state index contributed by atoms with van der Waals surface area (Å²) in [5.41, 5.74) is 1.88. The van der Waals surface area contributed by atoms with Crippen molar-refractivity contribution in [2.24, 2.45) is 11.8 Å². The molecule has 0 amide bonds. The van der Waals surface area contributed by atoms with Crippen LogP contribution < -0.4 is 0 Å². The summed E-state index contributed by atoms with van der Waals surface area (Å²) in [5, 5.41) is 30.3. The van der Waals surface area contributed by atoms with Crippen molar-refractivity contribution in [1.29, 1.82) is 0 Å². The molecular formula is C22H34O4. The van der Waals surface area contributed by atoms with E-state index in [9.17, 15) is 20.1 Å². The topological polar surface area (TPSA) is 77.8 Å². The number of unbranched alkanes of at least 4 members (excludes halogenated alkanes) is 4. The second kappa shape index (κ2) is 10.2. The van der Waals surface area contributed by atoms with Gasteiger partial charge in [0, 0.05) is 5.92 Å². The molecule has 0 aliphatic heterocycles. The number of carbonyl (C=O) groups is 1. The number of carbonyl (C=O) groups excluding carboxylic acids is 1. The predicted molar refractivity (Wildman–Crippen MR) is 104 cm³/mol. The largest absolute Gasteiger partial charge is 0.393 e. The summed E-state index contributed by atoms with van der Waals surface area (Å²) in [6.45, 7) is 4.11. The van der Waals surface area contributed by atoms with E-state index in [1.807, 2.05) is 19.1 Å². The van der Waals surface area contributed by atoms with Crippen LogP contribution in [0.5, 0.6) is 0 Å². The highest BCUT2D eigenvalue weighted by atomic mass is 16.3. The molecule has 1 saturated carbocycles. The molecule has 0 heterocycles. The quantitative estimate of drug-likeness (QED) is 0.433. The molecule has 146 valence electrons. The van der Waals surface area contributed by atoms with Crippen molar-refractivity contribution < 1.29 is 20.1 Å². The zero-order valence-electron chi connectivity index (χ0n) is 16.1. The lowest BCUT2D eigenvalue weighted by Crippen LogP contribution is -2.36. The molecule has 2 rings (SSSR count). The summed E-state index contributed by atoms with van der Waals surface area (Å²) in [4.78, 5) is 12.0. The Bertz CT molecular complexity index is 560. The molecule has 0 spiro atoms. The minimum absolute atomic E-state index is 0.0320. The Kier molecular flexibility index (Phi) is 8.26. The first-order valence-corrected chi connectivity index (χ1v) is 10.1. The van der Waals surface area contributed by atoms with Gasteiger partial charge in [0.25, 0.3) is 0 Å². The van der Waals surface area contributed by atoms with Gasteiger partial charge >= 0.3 is 0 Å². The van der Waals surface area contributed by atoms with E-state index in [0.717, 1.165) is 30.4 Å². The van der Waals surface area contributed by atoms with Gasteiger partial charge < -0.3 is 15.3 Å². The van der Waals surface area contributed by atoms with Crippen molar-refractivity contribution in [3.05, 3.63) is 35.5 Å². The molecule has 0 aromatic carbocycles. The molecule has 0 bridgehead atoms. The van der Waals surface area contributed by atoms with Gasteiger partial charge in [0.1, 0.15) is 6.10 Å². The first-order chi connectivity index (χ1) is 12.4. The lowest BCUT2D eigenvalue weighted by molar-refractivity contribution is -0.125. The van der Waals surface area contributed by atoms with Crippen LogP contribution in [0.1, 0.15) is 65.2 Å². The van der Waals surface area contributed by atoms with E-state index < -0.39 is 18.3 Å². The van der Waals surface area contributed by atoms with E-state index in [2.05, 4.69) is 6.92 Å². The average molecular weight is 363 g/mol. The Morgan fingerprint density at radius 3 is 2.73 bits per heavy atom. The van der Waals surface area contributed by atoms with E-state index >= 15 is 0 Å². The van der Waals surface area contributed by atoms with E-state index in [-0.39, 0.29) is 17.6 Å². The van der Waals surface area contributed by atoms with Gasteiger partial charge in [0.15, 0.2) is 5.78 Å². The van der Waals surface area contributed by atoms with E-state index in [0.29, 0.717) is 12.8 Å². The lowest BCUT2D eigenvalue weighted by atomic mass is 9.76. The summed E-state index contributed by atoms with van der Waals surface area (Å²) in [6.07, 6.45) is 12.9. The number of fused-ring (bicyclic) bond motifs is 1. The number of hydrogen-bond acceptors (Lipinski definition) is 4. The Morgan fingerprint density at radius 2 is 2.00 bits per heavy atom. The van der Waals surface area contributed by atoms with Crippen LogP contribution in [0.4, 0.5) is 0 Å². The van der Waals surface area contributed by atoms with E-state index in [1.165, 1.54) is 25.3 Å². The van der Waals surface area contributed by atoms with Crippen molar-refractivity contribution >= 4 is 5.78 Å². The average Bonchev–Trinajstić information content (AvgIpc) is 2.96. The SMILES string of the molecule is CCCCCCCC(O)/C=C/C(C)=C\[C@@H]1C(O)C(=O)C=C2CC(O)CC21. The predicted octanol–water partition coefficient (Wildman–Crippen LogP) is 3.47. The summed E-state index contributed by atoms with van der Waals surface area (Å²) in [7, 11) is 0. The molecule has 3 N–H and O–H groups in total. The number of aliphatic hydroxyl groups excluding tert-OH is 3. The third-order valence-corrected chi connectivity index (χ3v) is 5.56. The second-order valence-electron chi connectivity index (χ2n) is 7.88. The van der Waals surface area contributed by atoms with Crippen LogP contribution in [0.3, 0.4) is 0 Å². The van der Waals surface area contributed by atoms with Gasteiger partial charge in [-0.2, -0.15) is 0 Å². The molecule has 4 unspecified atom stereocenters. The van der Waals surface area contributed by atoms with Gasteiger partial charge in [-0.25, -0.2) is 0 Å². The van der Waals surface area contributed by atoms with Crippen molar-refractivity contribution in [3.8, 4) is 0 Å². The molecule has 1 fully saturated rings. The Balaban J connectivity index is 1.91.